The molecule has 9 aromatic heterocycles. The molecule has 0 aliphatic rings. The number of rotatable bonds is 13. The Labute approximate surface area is 376 Å². The number of hydrogen-bond donors (Lipinski definition) is 3. The number of H-pyrrole nitrogens is 1. The van der Waals surface area contributed by atoms with Gasteiger partial charge in [-0.1, -0.05) is 6.07 Å². The highest BCUT2D eigenvalue weighted by Gasteiger charge is 2.28. The van der Waals surface area contributed by atoms with Gasteiger partial charge < -0.3 is 25.9 Å². The molecule has 5 N–H and O–H groups in total. The number of aryl methyl sites for hydroxylation is 1. The van der Waals surface area contributed by atoms with E-state index < -0.39 is 21.6 Å². The van der Waals surface area contributed by atoms with Crippen molar-refractivity contribution in [3.05, 3.63) is 95.9 Å². The Hall–Kier alpha value is -6.49. The summed E-state index contributed by atoms with van der Waals surface area (Å²) in [6.45, 7) is 0.625. The molecule has 2 unspecified atom stereocenters. The second kappa shape index (κ2) is 16.6. The van der Waals surface area contributed by atoms with Crippen LogP contribution >= 0.6 is 22.7 Å². The predicted molar refractivity (Wildman–Crippen MR) is 252 cm³/mol. The molecule has 0 spiro atoms. The number of aromatic amines is 1. The van der Waals surface area contributed by atoms with Crippen LogP contribution in [0.2, 0.25) is 0 Å². The molecule has 0 amide bonds. The predicted octanol–water partition coefficient (Wildman–Crippen LogP) is 5.48. The number of benzene rings is 1. The first kappa shape index (κ1) is 41.5. The number of nitrogens with zero attached hydrogens (tertiary/aromatic N) is 9. The molecule has 10 aromatic rings. The van der Waals surface area contributed by atoms with Crippen molar-refractivity contribution >= 4 is 92.5 Å². The zero-order valence-corrected chi connectivity index (χ0v) is 38.0. The molecule has 0 bridgehead atoms. The van der Waals surface area contributed by atoms with Gasteiger partial charge in [-0.2, -0.15) is 9.78 Å². The number of pyridine rings is 3. The molecular weight excluding hydrogens is 893 g/mol. The molecule has 2 atom stereocenters. The molecule has 324 valence electrons. The van der Waals surface area contributed by atoms with Crippen LogP contribution in [0.4, 0.5) is 11.4 Å². The first-order valence-corrected chi connectivity index (χ1v) is 24.0. The summed E-state index contributed by atoms with van der Waals surface area (Å²) in [7, 11) is 4.09. The van der Waals surface area contributed by atoms with E-state index in [1.807, 2.05) is 78.2 Å². The van der Waals surface area contributed by atoms with Gasteiger partial charge in [0.2, 0.25) is 0 Å². The number of nitrogens with one attached hydrogen (secondary N) is 1. The molecule has 1 aromatic carbocycles. The number of ether oxygens (including phenoxy) is 2. The number of hydrogen-bond acceptors (Lipinski definition) is 14. The maximum atomic E-state index is 13.5. The standard InChI is InChI=1S/C43H38N12O5S4/c1-52-32(28-20-29(24-5-6-26-23(17-24)7-9-47-39(26)56)49-41-36(28)38(45)43(62-41)64(58)16-14-60-4)21-34(51-52)55-11-8-31(53(55)2)27-19-30(25-18-33-46-10-12-54(33)48-22-25)50-40-35(27)37(44)42(61-40)63(57)15-13-59-3/h5-12,17-22H,13-16,44-45H2,1-4H3/p+1. The molecule has 17 nitrogen and oxygen atoms in total. The summed E-state index contributed by atoms with van der Waals surface area (Å²) >= 11 is 2.60. The minimum absolute atomic E-state index is 0.178. The van der Waals surface area contributed by atoms with E-state index in [4.69, 9.17) is 36.0 Å². The van der Waals surface area contributed by atoms with Crippen molar-refractivity contribution in [3.63, 3.8) is 0 Å². The van der Waals surface area contributed by atoms with E-state index in [1.54, 1.807) is 54.3 Å². The van der Waals surface area contributed by atoms with Gasteiger partial charge in [-0.3, -0.25) is 13.2 Å². The van der Waals surface area contributed by atoms with Crippen molar-refractivity contribution in [2.45, 2.75) is 8.42 Å². The molecule has 0 fully saturated rings. The third-order valence-corrected chi connectivity index (χ3v) is 16.8. The minimum Gasteiger partial charge on any atom is -0.396 e. The molecule has 0 radical (unpaired) electrons. The zero-order chi connectivity index (χ0) is 44.4. The lowest BCUT2D eigenvalue weighted by Gasteiger charge is -2.09. The number of anilines is 2. The lowest BCUT2D eigenvalue weighted by atomic mass is 10.0. The third-order valence-electron chi connectivity index (χ3n) is 11.0. The van der Waals surface area contributed by atoms with E-state index in [9.17, 15) is 13.2 Å². The van der Waals surface area contributed by atoms with Crippen LogP contribution in [0, 0.1) is 0 Å². The molecule has 0 aliphatic heterocycles. The topological polar surface area (TPSA) is 220 Å². The van der Waals surface area contributed by atoms with E-state index >= 15 is 0 Å². The lowest BCUT2D eigenvalue weighted by molar-refractivity contribution is -0.684. The lowest BCUT2D eigenvalue weighted by Crippen LogP contribution is -2.39. The maximum Gasteiger partial charge on any atom is 0.373 e. The van der Waals surface area contributed by atoms with Crippen molar-refractivity contribution in [3.8, 4) is 50.8 Å². The summed E-state index contributed by atoms with van der Waals surface area (Å²) in [6, 6.07) is 17.2. The monoisotopic (exact) mass is 931 g/mol. The van der Waals surface area contributed by atoms with Crippen molar-refractivity contribution < 1.29 is 22.6 Å². The van der Waals surface area contributed by atoms with Crippen LogP contribution in [-0.2, 0) is 45.2 Å². The minimum atomic E-state index is -1.43. The molecule has 0 saturated carbocycles. The fourth-order valence-corrected chi connectivity index (χ4v) is 12.9. The van der Waals surface area contributed by atoms with Gasteiger partial charge in [0, 0.05) is 84.3 Å². The highest BCUT2D eigenvalue weighted by atomic mass is 32.2. The molecule has 9 heterocycles. The number of nitrogen functional groups attached to an aromatic ring is 2. The van der Waals surface area contributed by atoms with Gasteiger partial charge in [-0.05, 0) is 41.8 Å². The highest BCUT2D eigenvalue weighted by Crippen LogP contribution is 2.44. The number of thiophene rings is 2. The van der Waals surface area contributed by atoms with Gasteiger partial charge in [-0.25, -0.2) is 24.1 Å². The van der Waals surface area contributed by atoms with Crippen LogP contribution in [0.25, 0.3) is 87.7 Å². The first-order chi connectivity index (χ1) is 31.0. The molecule has 64 heavy (non-hydrogen) atoms. The third kappa shape index (κ3) is 7.09. The normalized spacial score (nSPS) is 12.9. The van der Waals surface area contributed by atoms with E-state index in [2.05, 4.69) is 15.1 Å². The smallest absolute Gasteiger partial charge is 0.373 e. The van der Waals surface area contributed by atoms with Gasteiger partial charge >= 0.3 is 5.82 Å². The molecule has 0 saturated heterocycles. The fraction of sp³-hybridized carbons (Fsp3) is 0.186. The molecule has 10 rings (SSSR count). The van der Waals surface area contributed by atoms with Crippen molar-refractivity contribution in [1.82, 2.24) is 44.0 Å². The second-order valence-corrected chi connectivity index (χ2v) is 20.4. The number of fused-ring (bicyclic) bond motifs is 4. The molecular formula is C43H39N12O5S4+. The number of methoxy groups -OCH3 is 2. The van der Waals surface area contributed by atoms with Crippen LogP contribution in [-0.4, -0.2) is 91.4 Å². The Bertz CT molecular complexity index is 3580. The summed E-state index contributed by atoms with van der Waals surface area (Å²) in [5, 5.41) is 12.2. The van der Waals surface area contributed by atoms with Crippen LogP contribution in [0.1, 0.15) is 0 Å². The summed E-state index contributed by atoms with van der Waals surface area (Å²) < 4.78 is 45.9. The first-order valence-electron chi connectivity index (χ1n) is 19.8. The number of aromatic nitrogens is 10. The van der Waals surface area contributed by atoms with Crippen molar-refractivity contribution in [2.75, 3.05) is 50.4 Å². The summed E-state index contributed by atoms with van der Waals surface area (Å²) in [6.07, 6.45) is 8.75. The highest BCUT2D eigenvalue weighted by molar-refractivity contribution is 7.88. The number of nitrogens with two attached hydrogens (primary N) is 2. The average Bonchev–Trinajstić information content (AvgIpc) is 4.14. The van der Waals surface area contributed by atoms with E-state index in [0.717, 1.165) is 39.0 Å². The Morgan fingerprint density at radius 2 is 1.47 bits per heavy atom. The second-order valence-electron chi connectivity index (χ2n) is 14.8. The van der Waals surface area contributed by atoms with Crippen LogP contribution in [0.5, 0.6) is 0 Å². The Balaban J connectivity index is 1.12. The van der Waals surface area contributed by atoms with Crippen molar-refractivity contribution in [2.24, 2.45) is 14.1 Å². The van der Waals surface area contributed by atoms with E-state index in [-0.39, 0.29) is 11.3 Å². The Morgan fingerprint density at radius 1 is 0.812 bits per heavy atom. The summed E-state index contributed by atoms with van der Waals surface area (Å²) in [5.41, 5.74) is 20.9. The van der Waals surface area contributed by atoms with Gasteiger partial charge in [-0.15, -0.1) is 27.4 Å². The number of imidazole rings is 1. The van der Waals surface area contributed by atoms with Gasteiger partial charge in [0.1, 0.15) is 24.3 Å². The largest absolute Gasteiger partial charge is 0.396 e. The van der Waals surface area contributed by atoms with Crippen molar-refractivity contribution in [1.29, 1.82) is 0 Å². The van der Waals surface area contributed by atoms with Crippen LogP contribution in [0.15, 0.2) is 98.8 Å². The zero-order valence-electron chi connectivity index (χ0n) is 34.8. The van der Waals surface area contributed by atoms with Gasteiger partial charge in [0.25, 0.3) is 5.56 Å². The van der Waals surface area contributed by atoms with Crippen LogP contribution in [0.3, 0.4) is 0 Å². The maximum absolute atomic E-state index is 13.5. The quantitative estimate of drug-likeness (QED) is 0.123. The van der Waals surface area contributed by atoms with Gasteiger partial charge in [0.05, 0.1) is 105 Å². The Morgan fingerprint density at radius 3 is 2.14 bits per heavy atom. The Kier molecular flexibility index (Phi) is 10.7. The summed E-state index contributed by atoms with van der Waals surface area (Å²) in [5.74, 6) is 1.17. The van der Waals surface area contributed by atoms with E-state index in [1.165, 1.54) is 22.7 Å². The fourth-order valence-electron chi connectivity index (χ4n) is 7.82. The van der Waals surface area contributed by atoms with Crippen LogP contribution < -0.4 is 21.7 Å². The van der Waals surface area contributed by atoms with Gasteiger partial charge in [0.15, 0.2) is 5.65 Å². The SMILES string of the molecule is COCCS(=O)c1sc2nc(-c3ccc4c(=O)[nH]ccc4c3)cc(-c3cc(-[n+]4ccc(-c5cc(-c6cnn7ccnc7c6)nc6sc(S(=O)CCOC)c(N)c56)n4C)nn3C)c2c1N. The average molecular weight is 932 g/mol. The molecule has 21 heteroatoms. The van der Waals surface area contributed by atoms with E-state index in [0.29, 0.717) is 87.4 Å². The molecule has 0 aliphatic carbocycles. The summed E-state index contributed by atoms with van der Waals surface area (Å²) in [4.78, 5) is 31.0.